The molecule has 0 aliphatic carbocycles. The molecular weight excluding hydrogens is 260 g/mol. The monoisotopic (exact) mass is 278 g/mol. The quantitative estimate of drug-likeness (QED) is 0.769. The second-order valence-corrected chi connectivity index (χ2v) is 5.10. The summed E-state index contributed by atoms with van der Waals surface area (Å²) in [6, 6.07) is 12.3. The first-order chi connectivity index (χ1) is 10.2. The predicted octanol–water partition coefficient (Wildman–Crippen LogP) is 3.18. The first-order valence-electron chi connectivity index (χ1n) is 7.02. The molecule has 3 N–H and O–H groups in total. The number of nitrogens with one attached hydrogen (secondary N) is 1. The summed E-state index contributed by atoms with van der Waals surface area (Å²) in [6.45, 7) is 2.82. The van der Waals surface area contributed by atoms with Gasteiger partial charge >= 0.3 is 0 Å². The SMILES string of the molecule is Cc1cc(N)cnc1NCCc1cccc2cccnc12. The molecule has 0 amide bonds. The number of hydrogen-bond acceptors (Lipinski definition) is 4. The summed E-state index contributed by atoms with van der Waals surface area (Å²) in [5.41, 5.74) is 9.78. The maximum absolute atomic E-state index is 5.71. The van der Waals surface area contributed by atoms with Crippen LogP contribution in [0.25, 0.3) is 10.9 Å². The Balaban J connectivity index is 1.72. The Morgan fingerprint density at radius 3 is 2.86 bits per heavy atom. The molecule has 0 bridgehead atoms. The van der Waals surface area contributed by atoms with Crippen LogP contribution >= 0.6 is 0 Å². The lowest BCUT2D eigenvalue weighted by Crippen LogP contribution is -2.08. The zero-order valence-corrected chi connectivity index (χ0v) is 12.0. The minimum absolute atomic E-state index is 0.691. The highest BCUT2D eigenvalue weighted by atomic mass is 15.0. The lowest BCUT2D eigenvalue weighted by atomic mass is 10.1. The Kier molecular flexibility index (Phi) is 3.69. The Morgan fingerprint density at radius 1 is 1.14 bits per heavy atom. The predicted molar refractivity (Wildman–Crippen MR) is 87.3 cm³/mol. The molecule has 0 unspecified atom stereocenters. The lowest BCUT2D eigenvalue weighted by molar-refractivity contribution is 1.01. The van der Waals surface area contributed by atoms with Crippen molar-refractivity contribution in [3.63, 3.8) is 0 Å². The first kappa shape index (κ1) is 13.4. The van der Waals surface area contributed by atoms with Gasteiger partial charge in [-0.05, 0) is 36.6 Å². The lowest BCUT2D eigenvalue weighted by Gasteiger charge is -2.10. The summed E-state index contributed by atoms with van der Waals surface area (Å²) in [4.78, 5) is 8.80. The van der Waals surface area contributed by atoms with Gasteiger partial charge in [-0.25, -0.2) is 4.98 Å². The molecule has 0 radical (unpaired) electrons. The topological polar surface area (TPSA) is 63.8 Å². The van der Waals surface area contributed by atoms with Crippen molar-refractivity contribution in [3.05, 3.63) is 59.9 Å². The molecule has 4 heteroatoms. The number of nitrogen functional groups attached to an aromatic ring is 1. The van der Waals surface area contributed by atoms with Crippen molar-refractivity contribution in [2.75, 3.05) is 17.6 Å². The van der Waals surface area contributed by atoms with E-state index in [1.165, 1.54) is 10.9 Å². The molecule has 2 heterocycles. The van der Waals surface area contributed by atoms with E-state index >= 15 is 0 Å². The normalized spacial score (nSPS) is 10.7. The number of para-hydroxylation sites is 1. The summed E-state index contributed by atoms with van der Waals surface area (Å²) in [5, 5.41) is 4.54. The van der Waals surface area contributed by atoms with Gasteiger partial charge in [0.25, 0.3) is 0 Å². The zero-order valence-electron chi connectivity index (χ0n) is 12.0. The van der Waals surface area contributed by atoms with Crippen molar-refractivity contribution >= 4 is 22.4 Å². The number of nitrogens with two attached hydrogens (primary N) is 1. The van der Waals surface area contributed by atoms with Crippen molar-refractivity contribution in [2.45, 2.75) is 13.3 Å². The van der Waals surface area contributed by atoms with Crippen LogP contribution in [0.2, 0.25) is 0 Å². The first-order valence-corrected chi connectivity index (χ1v) is 7.02. The number of rotatable bonds is 4. The second kappa shape index (κ2) is 5.79. The molecule has 3 aromatic rings. The Labute approximate surface area is 124 Å². The van der Waals surface area contributed by atoms with Crippen molar-refractivity contribution < 1.29 is 0 Å². The molecule has 0 aliphatic rings. The van der Waals surface area contributed by atoms with Crippen molar-refractivity contribution in [3.8, 4) is 0 Å². The maximum atomic E-state index is 5.71. The summed E-state index contributed by atoms with van der Waals surface area (Å²) < 4.78 is 0. The number of nitrogens with zero attached hydrogens (tertiary/aromatic N) is 2. The third kappa shape index (κ3) is 2.94. The number of aromatic nitrogens is 2. The minimum Gasteiger partial charge on any atom is -0.397 e. The standard InChI is InChI=1S/C17H18N4/c1-12-10-15(18)11-21-17(12)20-9-7-14-5-2-4-13-6-3-8-19-16(13)14/h2-6,8,10-11H,7,9,18H2,1H3,(H,20,21). The molecule has 0 atom stereocenters. The van der Waals surface area contributed by atoms with E-state index in [1.807, 2.05) is 25.3 Å². The molecule has 4 nitrogen and oxygen atoms in total. The van der Waals surface area contributed by atoms with Crippen LogP contribution in [0.1, 0.15) is 11.1 Å². The Bertz CT molecular complexity index is 762. The van der Waals surface area contributed by atoms with Crippen LogP contribution in [0.15, 0.2) is 48.8 Å². The van der Waals surface area contributed by atoms with E-state index in [0.29, 0.717) is 5.69 Å². The summed E-state index contributed by atoms with van der Waals surface area (Å²) in [6.07, 6.45) is 4.42. The van der Waals surface area contributed by atoms with E-state index in [1.54, 1.807) is 6.20 Å². The van der Waals surface area contributed by atoms with Gasteiger partial charge in [0, 0.05) is 18.1 Å². The molecule has 2 aromatic heterocycles. The average molecular weight is 278 g/mol. The van der Waals surface area contributed by atoms with Crippen molar-refractivity contribution in [1.29, 1.82) is 0 Å². The molecule has 0 fully saturated rings. The molecule has 21 heavy (non-hydrogen) atoms. The van der Waals surface area contributed by atoms with Crippen molar-refractivity contribution in [2.24, 2.45) is 0 Å². The zero-order chi connectivity index (χ0) is 14.7. The van der Waals surface area contributed by atoms with Gasteiger partial charge in [0.2, 0.25) is 0 Å². The largest absolute Gasteiger partial charge is 0.397 e. The molecule has 0 saturated carbocycles. The van der Waals surface area contributed by atoms with Gasteiger partial charge in [-0.2, -0.15) is 0 Å². The average Bonchev–Trinajstić information content (AvgIpc) is 2.50. The molecule has 1 aromatic carbocycles. The van der Waals surface area contributed by atoms with Gasteiger partial charge in [-0.15, -0.1) is 0 Å². The number of fused-ring (bicyclic) bond motifs is 1. The van der Waals surface area contributed by atoms with E-state index in [0.717, 1.165) is 29.9 Å². The molecule has 0 spiro atoms. The molecule has 106 valence electrons. The van der Waals surface area contributed by atoms with Crippen LogP contribution in [0, 0.1) is 6.92 Å². The van der Waals surface area contributed by atoms with Crippen LogP contribution in [0.5, 0.6) is 0 Å². The van der Waals surface area contributed by atoms with Gasteiger partial charge in [0.15, 0.2) is 0 Å². The van der Waals surface area contributed by atoms with E-state index in [9.17, 15) is 0 Å². The van der Waals surface area contributed by atoms with Crippen LogP contribution in [0.3, 0.4) is 0 Å². The Hall–Kier alpha value is -2.62. The van der Waals surface area contributed by atoms with E-state index in [4.69, 9.17) is 5.73 Å². The van der Waals surface area contributed by atoms with Gasteiger partial charge in [-0.3, -0.25) is 4.98 Å². The summed E-state index contributed by atoms with van der Waals surface area (Å²) in [5.74, 6) is 0.886. The number of hydrogen-bond donors (Lipinski definition) is 2. The van der Waals surface area contributed by atoms with E-state index < -0.39 is 0 Å². The van der Waals surface area contributed by atoms with Gasteiger partial charge in [0.1, 0.15) is 5.82 Å². The molecular formula is C17H18N4. The van der Waals surface area contributed by atoms with Crippen LogP contribution in [0.4, 0.5) is 11.5 Å². The van der Waals surface area contributed by atoms with Crippen LogP contribution < -0.4 is 11.1 Å². The third-order valence-corrected chi connectivity index (χ3v) is 3.50. The molecule has 3 rings (SSSR count). The van der Waals surface area contributed by atoms with Gasteiger partial charge < -0.3 is 11.1 Å². The van der Waals surface area contributed by atoms with Crippen LogP contribution in [-0.4, -0.2) is 16.5 Å². The number of aryl methyl sites for hydroxylation is 1. The Morgan fingerprint density at radius 2 is 2.00 bits per heavy atom. The van der Waals surface area contributed by atoms with E-state index in [2.05, 4.69) is 39.6 Å². The fourth-order valence-electron chi connectivity index (χ4n) is 2.47. The van der Waals surface area contributed by atoms with Crippen LogP contribution in [-0.2, 0) is 6.42 Å². The molecule has 0 aliphatic heterocycles. The van der Waals surface area contributed by atoms with Crippen molar-refractivity contribution in [1.82, 2.24) is 9.97 Å². The second-order valence-electron chi connectivity index (χ2n) is 5.10. The summed E-state index contributed by atoms with van der Waals surface area (Å²) in [7, 11) is 0. The fourth-order valence-corrected chi connectivity index (χ4v) is 2.47. The van der Waals surface area contributed by atoms with E-state index in [-0.39, 0.29) is 0 Å². The fraction of sp³-hybridized carbons (Fsp3) is 0.176. The number of pyridine rings is 2. The highest BCUT2D eigenvalue weighted by Crippen LogP contribution is 2.17. The number of anilines is 2. The minimum atomic E-state index is 0.691. The van der Waals surface area contributed by atoms with Gasteiger partial charge in [0.05, 0.1) is 17.4 Å². The highest BCUT2D eigenvalue weighted by Gasteiger charge is 2.03. The third-order valence-electron chi connectivity index (χ3n) is 3.50. The van der Waals surface area contributed by atoms with Gasteiger partial charge in [-0.1, -0.05) is 24.3 Å². The maximum Gasteiger partial charge on any atom is 0.129 e. The highest BCUT2D eigenvalue weighted by molar-refractivity contribution is 5.81. The summed E-state index contributed by atoms with van der Waals surface area (Å²) >= 11 is 0. The number of benzene rings is 1. The molecule has 0 saturated heterocycles. The smallest absolute Gasteiger partial charge is 0.129 e.